The zero-order valence-corrected chi connectivity index (χ0v) is 8.95. The van der Waals surface area contributed by atoms with Crippen molar-refractivity contribution in [3.05, 3.63) is 23.7 Å². The van der Waals surface area contributed by atoms with Crippen molar-refractivity contribution >= 4 is 11.2 Å². The summed E-state index contributed by atoms with van der Waals surface area (Å²) in [4.78, 5) is 12.0. The number of hydrogen-bond acceptors (Lipinski definition) is 3. The molecule has 0 aliphatic carbocycles. The maximum absolute atomic E-state index is 5.44. The first kappa shape index (κ1) is 10.1. The van der Waals surface area contributed by atoms with Gasteiger partial charge in [0, 0.05) is 12.6 Å². The number of rotatable bonds is 4. The molecule has 0 saturated heterocycles. The quantitative estimate of drug-likeness (QED) is 0.742. The van der Waals surface area contributed by atoms with Gasteiger partial charge in [-0.15, -0.1) is 0 Å². The van der Waals surface area contributed by atoms with Gasteiger partial charge in [0.2, 0.25) is 0 Å². The van der Waals surface area contributed by atoms with Crippen LogP contribution in [0.2, 0.25) is 0 Å². The van der Waals surface area contributed by atoms with Crippen molar-refractivity contribution in [2.75, 3.05) is 6.54 Å². The Kier molecular flexibility index (Phi) is 2.97. The van der Waals surface area contributed by atoms with Gasteiger partial charge in [0.15, 0.2) is 5.65 Å². The molecule has 0 saturated carbocycles. The van der Waals surface area contributed by atoms with Gasteiger partial charge >= 0.3 is 0 Å². The minimum atomic E-state index is 0.748. The van der Waals surface area contributed by atoms with Crippen LogP contribution in [0.3, 0.4) is 0 Å². The van der Waals surface area contributed by atoms with Crippen LogP contribution >= 0.6 is 0 Å². The van der Waals surface area contributed by atoms with Crippen LogP contribution in [0.15, 0.2) is 12.3 Å². The Balaban J connectivity index is 2.16. The molecule has 0 aromatic carbocycles. The normalized spacial score (nSPS) is 11.1. The van der Waals surface area contributed by atoms with Crippen molar-refractivity contribution in [2.24, 2.45) is 5.73 Å². The summed E-state index contributed by atoms with van der Waals surface area (Å²) in [6.07, 6.45) is 4.91. The largest absolute Gasteiger partial charge is 0.341 e. The fourth-order valence-corrected chi connectivity index (χ4v) is 1.61. The third-order valence-corrected chi connectivity index (χ3v) is 2.39. The van der Waals surface area contributed by atoms with Crippen LogP contribution in [0.5, 0.6) is 0 Å². The highest BCUT2D eigenvalue weighted by atomic mass is 15.0. The number of H-pyrrole nitrogens is 1. The van der Waals surface area contributed by atoms with Crippen molar-refractivity contribution in [3.8, 4) is 0 Å². The lowest BCUT2D eigenvalue weighted by Crippen LogP contribution is -1.99. The van der Waals surface area contributed by atoms with Crippen molar-refractivity contribution in [2.45, 2.75) is 26.2 Å². The standard InChI is InChI=1S/C11H16N4/c1-8-6-9-11(13-7-8)15-10(14-9)4-2-3-5-12/h6-7H,2-5,12H2,1H3,(H,13,14,15). The van der Waals surface area contributed by atoms with Gasteiger partial charge < -0.3 is 10.7 Å². The van der Waals surface area contributed by atoms with E-state index in [0.29, 0.717) is 0 Å². The Bertz CT molecular complexity index is 447. The van der Waals surface area contributed by atoms with Crippen molar-refractivity contribution < 1.29 is 0 Å². The van der Waals surface area contributed by atoms with E-state index < -0.39 is 0 Å². The molecule has 0 atom stereocenters. The van der Waals surface area contributed by atoms with Gasteiger partial charge in [-0.3, -0.25) is 0 Å². The monoisotopic (exact) mass is 204 g/mol. The Hall–Kier alpha value is -1.42. The van der Waals surface area contributed by atoms with Crippen molar-refractivity contribution in [1.29, 1.82) is 0 Å². The molecular weight excluding hydrogens is 188 g/mol. The lowest BCUT2D eigenvalue weighted by Gasteiger charge is -1.93. The number of nitrogens with zero attached hydrogens (tertiary/aromatic N) is 2. The number of imidazole rings is 1. The highest BCUT2D eigenvalue weighted by molar-refractivity contribution is 5.70. The van der Waals surface area contributed by atoms with Crippen LogP contribution in [-0.4, -0.2) is 21.5 Å². The SMILES string of the molecule is Cc1cnc2nc(CCCCN)[nH]c2c1. The van der Waals surface area contributed by atoms with Crippen LogP contribution in [0, 0.1) is 6.92 Å². The first-order valence-electron chi connectivity index (χ1n) is 5.31. The summed E-state index contributed by atoms with van der Waals surface area (Å²) in [6, 6.07) is 2.07. The summed E-state index contributed by atoms with van der Waals surface area (Å²) in [7, 11) is 0. The van der Waals surface area contributed by atoms with Gasteiger partial charge in [0.05, 0.1) is 5.52 Å². The molecule has 15 heavy (non-hydrogen) atoms. The molecule has 4 nitrogen and oxygen atoms in total. The average molecular weight is 204 g/mol. The molecule has 2 aromatic rings. The highest BCUT2D eigenvalue weighted by Crippen LogP contribution is 2.11. The van der Waals surface area contributed by atoms with Gasteiger partial charge in [-0.25, -0.2) is 9.97 Å². The molecule has 2 heterocycles. The predicted octanol–water partition coefficient (Wildman–Crippen LogP) is 1.55. The molecule has 0 amide bonds. The maximum atomic E-state index is 5.44. The number of nitrogens with two attached hydrogens (primary N) is 1. The Labute approximate surface area is 88.9 Å². The molecule has 2 rings (SSSR count). The number of fused-ring (bicyclic) bond motifs is 1. The molecule has 80 valence electrons. The number of aromatic amines is 1. The Morgan fingerprint density at radius 1 is 1.40 bits per heavy atom. The van der Waals surface area contributed by atoms with Crippen molar-refractivity contribution in [3.63, 3.8) is 0 Å². The lowest BCUT2D eigenvalue weighted by atomic mass is 10.2. The highest BCUT2D eigenvalue weighted by Gasteiger charge is 2.03. The van der Waals surface area contributed by atoms with Gasteiger partial charge in [-0.1, -0.05) is 0 Å². The van der Waals surface area contributed by atoms with Gasteiger partial charge in [0.1, 0.15) is 5.82 Å². The maximum Gasteiger partial charge on any atom is 0.177 e. The topological polar surface area (TPSA) is 67.6 Å². The zero-order valence-electron chi connectivity index (χ0n) is 8.95. The molecule has 2 aromatic heterocycles. The van der Waals surface area contributed by atoms with E-state index in [4.69, 9.17) is 5.73 Å². The van der Waals surface area contributed by atoms with Crippen molar-refractivity contribution in [1.82, 2.24) is 15.0 Å². The first-order chi connectivity index (χ1) is 7.29. The van der Waals surface area contributed by atoms with Crippen LogP contribution in [-0.2, 0) is 6.42 Å². The Morgan fingerprint density at radius 2 is 2.27 bits per heavy atom. The third kappa shape index (κ3) is 2.33. The number of nitrogens with one attached hydrogen (secondary N) is 1. The minimum Gasteiger partial charge on any atom is -0.341 e. The van der Waals surface area contributed by atoms with Gasteiger partial charge in [-0.05, 0) is 37.9 Å². The molecule has 0 spiro atoms. The molecule has 0 bridgehead atoms. The summed E-state index contributed by atoms with van der Waals surface area (Å²) >= 11 is 0. The number of aryl methyl sites for hydroxylation is 2. The molecule has 0 fully saturated rings. The molecule has 0 aliphatic heterocycles. The van der Waals surface area contributed by atoms with Gasteiger partial charge in [0.25, 0.3) is 0 Å². The number of pyridine rings is 1. The smallest absolute Gasteiger partial charge is 0.177 e. The second-order valence-electron chi connectivity index (χ2n) is 3.81. The van der Waals surface area contributed by atoms with Gasteiger partial charge in [-0.2, -0.15) is 0 Å². The van der Waals surface area contributed by atoms with E-state index in [1.807, 2.05) is 13.1 Å². The van der Waals surface area contributed by atoms with Crippen LogP contribution in [0.1, 0.15) is 24.2 Å². The van der Waals surface area contributed by atoms with E-state index in [1.54, 1.807) is 0 Å². The first-order valence-corrected chi connectivity index (χ1v) is 5.31. The third-order valence-electron chi connectivity index (χ3n) is 2.39. The van der Waals surface area contributed by atoms with E-state index in [-0.39, 0.29) is 0 Å². The van der Waals surface area contributed by atoms with Crippen LogP contribution < -0.4 is 5.73 Å². The molecule has 3 N–H and O–H groups in total. The summed E-state index contributed by atoms with van der Waals surface area (Å²) in [5.41, 5.74) is 8.43. The summed E-state index contributed by atoms with van der Waals surface area (Å²) in [6.45, 7) is 2.78. The fraction of sp³-hybridized carbons (Fsp3) is 0.455. The minimum absolute atomic E-state index is 0.748. The molecule has 0 radical (unpaired) electrons. The predicted molar refractivity (Wildman–Crippen MR) is 60.6 cm³/mol. The van der Waals surface area contributed by atoms with E-state index in [0.717, 1.165) is 48.4 Å². The zero-order chi connectivity index (χ0) is 10.7. The second kappa shape index (κ2) is 4.40. The fourth-order valence-electron chi connectivity index (χ4n) is 1.61. The van der Waals surface area contributed by atoms with E-state index in [2.05, 4.69) is 21.0 Å². The van der Waals surface area contributed by atoms with E-state index in [9.17, 15) is 0 Å². The number of aromatic nitrogens is 3. The van der Waals surface area contributed by atoms with Crippen LogP contribution in [0.4, 0.5) is 0 Å². The average Bonchev–Trinajstić information content (AvgIpc) is 2.60. The second-order valence-corrected chi connectivity index (χ2v) is 3.81. The summed E-state index contributed by atoms with van der Waals surface area (Å²) < 4.78 is 0. The molecule has 0 unspecified atom stereocenters. The summed E-state index contributed by atoms with van der Waals surface area (Å²) in [5, 5.41) is 0. The number of unbranched alkanes of at least 4 members (excludes halogenated alkanes) is 1. The number of hydrogen-bond donors (Lipinski definition) is 2. The van der Waals surface area contributed by atoms with Crippen LogP contribution in [0.25, 0.3) is 11.2 Å². The molecular formula is C11H16N4. The van der Waals surface area contributed by atoms with E-state index in [1.165, 1.54) is 0 Å². The summed E-state index contributed by atoms with van der Waals surface area (Å²) in [5.74, 6) is 1.01. The molecule has 4 heteroatoms. The Morgan fingerprint density at radius 3 is 3.07 bits per heavy atom. The van der Waals surface area contributed by atoms with E-state index >= 15 is 0 Å². The lowest BCUT2D eigenvalue weighted by molar-refractivity contribution is 0.724. The molecule has 0 aliphatic rings.